The van der Waals surface area contributed by atoms with Crippen LogP contribution in [0.2, 0.25) is 5.02 Å². The minimum absolute atomic E-state index is 0.111. The molecule has 0 aliphatic heterocycles. The van der Waals surface area contributed by atoms with Gasteiger partial charge in [0.15, 0.2) is 0 Å². The summed E-state index contributed by atoms with van der Waals surface area (Å²) in [5.74, 6) is -1.03. The van der Waals surface area contributed by atoms with Gasteiger partial charge in [-0.2, -0.15) is 0 Å². The van der Waals surface area contributed by atoms with Crippen LogP contribution in [0.1, 0.15) is 15.9 Å². The summed E-state index contributed by atoms with van der Waals surface area (Å²) in [5, 5.41) is 9.66. The lowest BCUT2D eigenvalue weighted by Crippen LogP contribution is -2.17. The number of carbonyl (C=O) groups is 1. The van der Waals surface area contributed by atoms with E-state index in [0.717, 1.165) is 11.3 Å². The first-order valence-corrected chi connectivity index (χ1v) is 6.44. The van der Waals surface area contributed by atoms with Crippen molar-refractivity contribution in [1.29, 1.82) is 0 Å². The van der Waals surface area contributed by atoms with Crippen LogP contribution in [0.15, 0.2) is 42.5 Å². The molecule has 0 fully saturated rings. The van der Waals surface area contributed by atoms with Crippen LogP contribution < -0.4 is 10.6 Å². The zero-order chi connectivity index (χ0) is 14.7. The number of hydrogen-bond donors (Lipinski definition) is 2. The second kappa shape index (κ2) is 5.84. The van der Waals surface area contributed by atoms with Gasteiger partial charge in [0.1, 0.15) is 0 Å². The van der Waals surface area contributed by atoms with Crippen molar-refractivity contribution in [2.45, 2.75) is 6.54 Å². The van der Waals surface area contributed by atoms with E-state index in [2.05, 4.69) is 0 Å². The molecule has 0 amide bonds. The van der Waals surface area contributed by atoms with E-state index in [4.69, 9.17) is 22.4 Å². The van der Waals surface area contributed by atoms with E-state index in [1.54, 1.807) is 12.1 Å². The fourth-order valence-corrected chi connectivity index (χ4v) is 2.15. The Hall–Kier alpha value is -2.20. The molecular weight excluding hydrogens is 276 g/mol. The Kier molecular flexibility index (Phi) is 4.15. The minimum Gasteiger partial charge on any atom is -0.478 e. The van der Waals surface area contributed by atoms with Gasteiger partial charge < -0.3 is 15.7 Å². The SMILES string of the molecule is CN(Cc1ccccc1Cl)c1ccc(C(=O)O)c(N)c1. The molecule has 0 unspecified atom stereocenters. The van der Waals surface area contributed by atoms with E-state index >= 15 is 0 Å². The highest BCUT2D eigenvalue weighted by Crippen LogP contribution is 2.24. The Balaban J connectivity index is 2.22. The van der Waals surface area contributed by atoms with Crippen LogP contribution in [-0.2, 0) is 6.54 Å². The Morgan fingerprint density at radius 3 is 2.60 bits per heavy atom. The predicted octanol–water partition coefficient (Wildman–Crippen LogP) is 3.26. The lowest BCUT2D eigenvalue weighted by molar-refractivity contribution is 0.0698. The number of hydrogen-bond acceptors (Lipinski definition) is 3. The molecule has 2 rings (SSSR count). The number of rotatable bonds is 4. The molecule has 2 aromatic rings. The molecule has 0 aliphatic rings. The van der Waals surface area contributed by atoms with Crippen molar-refractivity contribution in [2.24, 2.45) is 0 Å². The van der Waals surface area contributed by atoms with Crippen LogP contribution in [0.5, 0.6) is 0 Å². The summed E-state index contributed by atoms with van der Waals surface area (Å²) in [6, 6.07) is 12.5. The summed E-state index contributed by atoms with van der Waals surface area (Å²) in [4.78, 5) is 12.9. The third kappa shape index (κ3) is 3.03. The van der Waals surface area contributed by atoms with Crippen molar-refractivity contribution in [2.75, 3.05) is 17.7 Å². The van der Waals surface area contributed by atoms with Crippen LogP contribution in [-0.4, -0.2) is 18.1 Å². The third-order valence-electron chi connectivity index (χ3n) is 3.07. The van der Waals surface area contributed by atoms with Gasteiger partial charge in [-0.1, -0.05) is 29.8 Å². The van der Waals surface area contributed by atoms with Crippen molar-refractivity contribution in [1.82, 2.24) is 0 Å². The molecule has 3 N–H and O–H groups in total. The maximum absolute atomic E-state index is 10.9. The minimum atomic E-state index is -1.03. The standard InChI is InChI=1S/C15H15ClN2O2/c1-18(9-10-4-2-3-5-13(10)16)11-6-7-12(15(19)20)14(17)8-11/h2-8H,9,17H2,1H3,(H,19,20). The molecule has 5 heteroatoms. The number of aromatic carboxylic acids is 1. The second-order valence-electron chi connectivity index (χ2n) is 4.52. The number of carboxylic acid groups (broad SMARTS) is 1. The maximum Gasteiger partial charge on any atom is 0.337 e. The zero-order valence-corrected chi connectivity index (χ0v) is 11.8. The molecule has 0 spiro atoms. The van der Waals surface area contributed by atoms with Crippen LogP contribution in [0.25, 0.3) is 0 Å². The zero-order valence-electron chi connectivity index (χ0n) is 11.0. The van der Waals surface area contributed by atoms with Gasteiger partial charge >= 0.3 is 5.97 Å². The van der Waals surface area contributed by atoms with Gasteiger partial charge in [-0.25, -0.2) is 4.79 Å². The molecule has 0 aromatic heterocycles. The summed E-state index contributed by atoms with van der Waals surface area (Å²) in [5.41, 5.74) is 7.95. The summed E-state index contributed by atoms with van der Waals surface area (Å²) in [7, 11) is 1.90. The lowest BCUT2D eigenvalue weighted by Gasteiger charge is -2.21. The van der Waals surface area contributed by atoms with E-state index in [1.807, 2.05) is 36.2 Å². The molecule has 0 bridgehead atoms. The van der Waals surface area contributed by atoms with Gasteiger partial charge in [0.05, 0.1) is 5.56 Å². The van der Waals surface area contributed by atoms with Gasteiger partial charge in [0.25, 0.3) is 0 Å². The highest BCUT2D eigenvalue weighted by Gasteiger charge is 2.11. The molecule has 20 heavy (non-hydrogen) atoms. The molecule has 0 radical (unpaired) electrons. The third-order valence-corrected chi connectivity index (χ3v) is 3.44. The number of nitrogens with two attached hydrogens (primary N) is 1. The summed E-state index contributed by atoms with van der Waals surface area (Å²) in [6.45, 7) is 0.617. The lowest BCUT2D eigenvalue weighted by atomic mass is 10.1. The van der Waals surface area contributed by atoms with Crippen molar-refractivity contribution in [3.63, 3.8) is 0 Å². The number of anilines is 2. The Labute approximate surface area is 122 Å². The van der Waals surface area contributed by atoms with Crippen LogP contribution in [0, 0.1) is 0 Å². The van der Waals surface area contributed by atoms with E-state index in [0.29, 0.717) is 11.6 Å². The van der Waals surface area contributed by atoms with E-state index < -0.39 is 5.97 Å². The number of benzene rings is 2. The Morgan fingerprint density at radius 2 is 2.00 bits per heavy atom. The Bertz CT molecular complexity index is 644. The average Bonchev–Trinajstić information content (AvgIpc) is 2.40. The average molecular weight is 291 g/mol. The topological polar surface area (TPSA) is 66.6 Å². The van der Waals surface area contributed by atoms with E-state index in [1.165, 1.54) is 6.07 Å². The van der Waals surface area contributed by atoms with Gasteiger partial charge in [-0.3, -0.25) is 0 Å². The molecule has 104 valence electrons. The summed E-state index contributed by atoms with van der Waals surface area (Å²) >= 11 is 6.12. The molecule has 0 heterocycles. The number of nitrogens with zero attached hydrogens (tertiary/aromatic N) is 1. The van der Waals surface area contributed by atoms with Crippen LogP contribution >= 0.6 is 11.6 Å². The van der Waals surface area contributed by atoms with Crippen LogP contribution in [0.4, 0.5) is 11.4 Å². The fraction of sp³-hybridized carbons (Fsp3) is 0.133. The molecule has 4 nitrogen and oxygen atoms in total. The van der Waals surface area contributed by atoms with E-state index in [9.17, 15) is 4.79 Å². The molecule has 0 saturated carbocycles. The monoisotopic (exact) mass is 290 g/mol. The fourth-order valence-electron chi connectivity index (χ4n) is 1.96. The van der Waals surface area contributed by atoms with Gasteiger partial charge in [0, 0.05) is 30.0 Å². The largest absolute Gasteiger partial charge is 0.478 e. The molecular formula is C15H15ClN2O2. The first kappa shape index (κ1) is 14.2. The van der Waals surface area contributed by atoms with Crippen molar-refractivity contribution < 1.29 is 9.90 Å². The van der Waals surface area contributed by atoms with Crippen molar-refractivity contribution >= 4 is 28.9 Å². The Morgan fingerprint density at radius 1 is 1.30 bits per heavy atom. The number of carboxylic acids is 1. The van der Waals surface area contributed by atoms with E-state index in [-0.39, 0.29) is 11.3 Å². The summed E-state index contributed by atoms with van der Waals surface area (Å²) < 4.78 is 0. The normalized spacial score (nSPS) is 10.3. The number of halogens is 1. The highest BCUT2D eigenvalue weighted by atomic mass is 35.5. The molecule has 0 atom stereocenters. The first-order valence-electron chi connectivity index (χ1n) is 6.06. The van der Waals surface area contributed by atoms with Gasteiger partial charge in [-0.15, -0.1) is 0 Å². The van der Waals surface area contributed by atoms with Crippen molar-refractivity contribution in [3.8, 4) is 0 Å². The molecule has 0 aliphatic carbocycles. The number of nitrogen functional groups attached to an aromatic ring is 1. The predicted molar refractivity (Wildman–Crippen MR) is 81.4 cm³/mol. The summed E-state index contributed by atoms with van der Waals surface area (Å²) in [6.07, 6.45) is 0. The van der Waals surface area contributed by atoms with Gasteiger partial charge in [0.2, 0.25) is 0 Å². The molecule has 2 aromatic carbocycles. The second-order valence-corrected chi connectivity index (χ2v) is 4.93. The maximum atomic E-state index is 10.9. The van der Waals surface area contributed by atoms with Crippen molar-refractivity contribution in [3.05, 3.63) is 58.6 Å². The first-order chi connectivity index (χ1) is 9.49. The highest BCUT2D eigenvalue weighted by molar-refractivity contribution is 6.31. The quantitative estimate of drug-likeness (QED) is 0.848. The smallest absolute Gasteiger partial charge is 0.337 e. The van der Waals surface area contributed by atoms with Gasteiger partial charge in [-0.05, 0) is 29.8 Å². The van der Waals surface area contributed by atoms with Crippen LogP contribution in [0.3, 0.4) is 0 Å². The molecule has 0 saturated heterocycles.